The van der Waals surface area contributed by atoms with Crippen LogP contribution in [0.15, 0.2) is 24.0 Å². The Morgan fingerprint density at radius 1 is 1.26 bits per heavy atom. The quantitative estimate of drug-likeness (QED) is 0.441. The smallest absolute Gasteiger partial charge is 0.259 e. The molecule has 1 saturated carbocycles. The topological polar surface area (TPSA) is 98.1 Å². The van der Waals surface area contributed by atoms with Crippen LogP contribution in [0, 0.1) is 18.2 Å². The Morgan fingerprint density at radius 3 is 2.85 bits per heavy atom. The van der Waals surface area contributed by atoms with Crippen LogP contribution in [-0.2, 0) is 4.74 Å². The fourth-order valence-electron chi connectivity index (χ4n) is 4.33. The molecular formula is C23H20FN7O2S. The highest BCUT2D eigenvalue weighted by atomic mass is 32.1. The summed E-state index contributed by atoms with van der Waals surface area (Å²) in [5.41, 5.74) is 3.36. The number of carbonyl (C=O) groups is 1. The summed E-state index contributed by atoms with van der Waals surface area (Å²) in [6.45, 7) is 1.71. The first kappa shape index (κ1) is 20.9. The van der Waals surface area contributed by atoms with Crippen LogP contribution < -0.4 is 5.32 Å². The summed E-state index contributed by atoms with van der Waals surface area (Å²) in [6.07, 6.45) is 9.20. The van der Waals surface area contributed by atoms with Crippen LogP contribution in [0.4, 0.5) is 10.2 Å². The lowest BCUT2D eigenvalue weighted by Gasteiger charge is -2.27. The van der Waals surface area contributed by atoms with E-state index in [0.717, 1.165) is 17.7 Å². The largest absolute Gasteiger partial charge is 0.378 e. The van der Waals surface area contributed by atoms with Gasteiger partial charge in [0.15, 0.2) is 5.82 Å². The Kier molecular flexibility index (Phi) is 5.12. The van der Waals surface area contributed by atoms with Crippen molar-refractivity contribution in [2.75, 3.05) is 31.6 Å². The van der Waals surface area contributed by atoms with Gasteiger partial charge in [0.2, 0.25) is 0 Å². The fourth-order valence-corrected chi connectivity index (χ4v) is 4.96. The van der Waals surface area contributed by atoms with Crippen LogP contribution >= 0.6 is 11.3 Å². The third kappa shape index (κ3) is 3.46. The molecule has 4 heterocycles. The third-order valence-electron chi connectivity index (χ3n) is 6.09. The molecule has 0 radical (unpaired) electrons. The number of hydrogen-bond acceptors (Lipinski definition) is 8. The molecule has 1 unspecified atom stereocenters. The van der Waals surface area contributed by atoms with Crippen LogP contribution in [0.5, 0.6) is 0 Å². The number of hydrogen-bond donors (Lipinski definition) is 1. The number of fused-ring (bicyclic) bond motifs is 2. The van der Waals surface area contributed by atoms with Gasteiger partial charge in [0, 0.05) is 19.1 Å². The monoisotopic (exact) mass is 477 g/mol. The molecule has 0 bridgehead atoms. The van der Waals surface area contributed by atoms with Gasteiger partial charge in [-0.15, -0.1) is 17.8 Å². The van der Waals surface area contributed by atoms with Gasteiger partial charge in [0.25, 0.3) is 5.91 Å². The van der Waals surface area contributed by atoms with Gasteiger partial charge < -0.3 is 19.5 Å². The summed E-state index contributed by atoms with van der Waals surface area (Å²) >= 11 is 1.41. The van der Waals surface area contributed by atoms with Crippen LogP contribution in [0.25, 0.3) is 21.4 Å². The molecule has 1 atom stereocenters. The predicted molar refractivity (Wildman–Crippen MR) is 125 cm³/mol. The Morgan fingerprint density at radius 2 is 2.09 bits per heavy atom. The first-order valence-corrected chi connectivity index (χ1v) is 11.9. The van der Waals surface area contributed by atoms with Crippen molar-refractivity contribution < 1.29 is 13.9 Å². The van der Waals surface area contributed by atoms with Crippen molar-refractivity contribution in [3.8, 4) is 12.3 Å². The predicted octanol–water partition coefficient (Wildman–Crippen LogP) is 3.17. The summed E-state index contributed by atoms with van der Waals surface area (Å²) in [6, 6.07) is 2.33. The zero-order chi connectivity index (χ0) is 23.2. The van der Waals surface area contributed by atoms with E-state index in [1.807, 2.05) is 4.57 Å². The number of halogens is 1. The number of anilines is 1. The Bertz CT molecular complexity index is 1450. The maximum Gasteiger partial charge on any atom is 0.259 e. The number of carbonyl (C=O) groups excluding carboxylic acids is 1. The third-order valence-corrected chi connectivity index (χ3v) is 6.83. The molecule has 1 aliphatic carbocycles. The molecule has 2 fully saturated rings. The lowest BCUT2D eigenvalue weighted by atomic mass is 10.1. The van der Waals surface area contributed by atoms with Crippen molar-refractivity contribution in [3.05, 3.63) is 41.2 Å². The summed E-state index contributed by atoms with van der Waals surface area (Å²) in [5.74, 6) is 2.87. The Balaban J connectivity index is 1.47. The number of terminal acetylenes is 1. The van der Waals surface area contributed by atoms with Gasteiger partial charge in [-0.2, -0.15) is 0 Å². The average molecular weight is 478 g/mol. The van der Waals surface area contributed by atoms with E-state index in [1.165, 1.54) is 23.7 Å². The number of nitrogens with zero attached hydrogens (tertiary/aromatic N) is 6. The minimum atomic E-state index is -0.665. The van der Waals surface area contributed by atoms with Gasteiger partial charge in [-0.1, -0.05) is 5.92 Å². The highest BCUT2D eigenvalue weighted by molar-refractivity contribution is 7.16. The van der Waals surface area contributed by atoms with E-state index in [4.69, 9.17) is 16.1 Å². The van der Waals surface area contributed by atoms with Gasteiger partial charge in [0.05, 0.1) is 29.8 Å². The van der Waals surface area contributed by atoms with Gasteiger partial charge in [-0.25, -0.2) is 24.3 Å². The van der Waals surface area contributed by atoms with E-state index in [2.05, 4.69) is 26.2 Å². The highest BCUT2D eigenvalue weighted by Gasteiger charge is 2.35. The molecule has 1 aliphatic heterocycles. The summed E-state index contributed by atoms with van der Waals surface area (Å²) in [7, 11) is 0. The minimum Gasteiger partial charge on any atom is -0.378 e. The standard InChI is InChI=1S/C23H20FN7O2S/c1-2-15(28-20-18-22(26-11-25-20)34-12-27-18)21-29-16-6-5-14(24)17(19(16)31(21)13-3-4-13)23(32)30-7-9-33-10-8-30/h1,5-6,11-13,15H,3-4,7-10H2,(H,25,26,28). The lowest BCUT2D eigenvalue weighted by molar-refractivity contribution is 0.0301. The number of nitrogens with one attached hydrogen (secondary N) is 1. The molecule has 172 valence electrons. The van der Waals surface area contributed by atoms with Crippen LogP contribution in [0.3, 0.4) is 0 Å². The van der Waals surface area contributed by atoms with Gasteiger partial charge in [0.1, 0.15) is 39.9 Å². The molecule has 1 amide bonds. The maximum atomic E-state index is 15.2. The normalized spacial score (nSPS) is 17.1. The fraction of sp³-hybridized carbons (Fsp3) is 0.348. The van der Waals surface area contributed by atoms with Gasteiger partial charge in [-0.05, 0) is 25.0 Å². The number of aromatic nitrogens is 5. The number of morpholine rings is 1. The maximum absolute atomic E-state index is 15.2. The number of imidazole rings is 1. The Hall–Kier alpha value is -3.62. The lowest BCUT2D eigenvalue weighted by Crippen LogP contribution is -2.41. The molecular weight excluding hydrogens is 457 g/mol. The van der Waals surface area contributed by atoms with Crippen molar-refractivity contribution in [2.45, 2.75) is 24.9 Å². The molecule has 1 aromatic carbocycles. The molecule has 3 aromatic heterocycles. The first-order valence-electron chi connectivity index (χ1n) is 11.0. The minimum absolute atomic E-state index is 0.0322. The second kappa shape index (κ2) is 8.30. The summed E-state index contributed by atoms with van der Waals surface area (Å²) in [4.78, 5) is 33.4. The van der Waals surface area contributed by atoms with Gasteiger partial charge >= 0.3 is 0 Å². The molecule has 1 saturated heterocycles. The summed E-state index contributed by atoms with van der Waals surface area (Å²) in [5, 5.41) is 3.25. The number of ether oxygens (including phenoxy) is 1. The van der Waals surface area contributed by atoms with E-state index < -0.39 is 11.9 Å². The number of amides is 1. The number of thiazole rings is 1. The van der Waals surface area contributed by atoms with E-state index in [1.54, 1.807) is 16.5 Å². The molecule has 6 rings (SSSR count). The van der Waals surface area contributed by atoms with E-state index in [0.29, 0.717) is 54.5 Å². The average Bonchev–Trinajstić information content (AvgIpc) is 3.45. The Labute approximate surface area is 198 Å². The van der Waals surface area contributed by atoms with Crippen molar-refractivity contribution >= 4 is 44.4 Å². The van der Waals surface area contributed by atoms with Crippen LogP contribution in [0.2, 0.25) is 0 Å². The molecule has 4 aromatic rings. The zero-order valence-electron chi connectivity index (χ0n) is 18.1. The van der Waals surface area contributed by atoms with Crippen molar-refractivity contribution in [2.24, 2.45) is 0 Å². The van der Waals surface area contributed by atoms with Crippen LogP contribution in [0.1, 0.15) is 41.1 Å². The molecule has 1 N–H and O–H groups in total. The molecule has 34 heavy (non-hydrogen) atoms. The van der Waals surface area contributed by atoms with Crippen molar-refractivity contribution in [3.63, 3.8) is 0 Å². The van der Waals surface area contributed by atoms with E-state index in [9.17, 15) is 4.79 Å². The first-order chi connectivity index (χ1) is 16.7. The molecule has 0 spiro atoms. The van der Waals surface area contributed by atoms with Crippen molar-refractivity contribution in [1.29, 1.82) is 0 Å². The van der Waals surface area contributed by atoms with E-state index >= 15 is 4.39 Å². The number of rotatable bonds is 5. The second-order valence-corrected chi connectivity index (χ2v) is 9.07. The molecule has 9 nitrogen and oxygen atoms in total. The van der Waals surface area contributed by atoms with E-state index in [-0.39, 0.29) is 17.5 Å². The second-order valence-electron chi connectivity index (χ2n) is 8.24. The zero-order valence-corrected chi connectivity index (χ0v) is 18.9. The molecule has 2 aliphatic rings. The van der Waals surface area contributed by atoms with Gasteiger partial charge in [-0.3, -0.25) is 4.79 Å². The number of benzene rings is 1. The SMILES string of the molecule is C#CC(Nc1ncnc2scnc12)c1nc2ccc(F)c(C(=O)N3CCOCC3)c2n1C1CC1. The van der Waals surface area contributed by atoms with Crippen molar-refractivity contribution in [1.82, 2.24) is 29.4 Å². The highest BCUT2D eigenvalue weighted by Crippen LogP contribution is 2.42. The molecule has 11 heteroatoms. The van der Waals surface area contributed by atoms with Crippen LogP contribution in [-0.4, -0.2) is 61.6 Å². The summed E-state index contributed by atoms with van der Waals surface area (Å²) < 4.78 is 22.5.